The molecular weight excluding hydrogens is 570 g/mol. The van der Waals surface area contributed by atoms with Crippen molar-refractivity contribution >= 4 is 39.1 Å². The van der Waals surface area contributed by atoms with E-state index in [1.54, 1.807) is 44.2 Å². The zero-order chi connectivity index (χ0) is 30.4. The molecule has 42 heavy (non-hydrogen) atoms. The zero-order valence-electron chi connectivity index (χ0n) is 24.8. The maximum atomic E-state index is 14.2. The lowest BCUT2D eigenvalue weighted by Crippen LogP contribution is -2.53. The SMILES string of the molecule is Cc1ccc(S(=O)(=O)N(CC(=O)N(Cc2cccc(C)c2)[C@@H](C)C(=O)NC2CCCCC2)c2ccc(Cl)cc2C)cc1. The second kappa shape index (κ2) is 13.7. The summed E-state index contributed by atoms with van der Waals surface area (Å²) in [6, 6.07) is 18.4. The number of nitrogens with one attached hydrogen (secondary N) is 1. The average Bonchev–Trinajstić information content (AvgIpc) is 2.95. The highest BCUT2D eigenvalue weighted by Crippen LogP contribution is 2.30. The summed E-state index contributed by atoms with van der Waals surface area (Å²) in [6.45, 7) is 6.99. The van der Waals surface area contributed by atoms with E-state index in [0.717, 1.165) is 53.1 Å². The van der Waals surface area contributed by atoms with E-state index < -0.39 is 28.5 Å². The van der Waals surface area contributed by atoms with Crippen molar-refractivity contribution < 1.29 is 18.0 Å². The van der Waals surface area contributed by atoms with Crippen molar-refractivity contribution in [1.29, 1.82) is 0 Å². The first-order chi connectivity index (χ1) is 20.0. The highest BCUT2D eigenvalue weighted by Gasteiger charge is 2.33. The highest BCUT2D eigenvalue weighted by atomic mass is 35.5. The van der Waals surface area contributed by atoms with Crippen LogP contribution < -0.4 is 9.62 Å². The first-order valence-electron chi connectivity index (χ1n) is 14.5. The Bertz CT molecular complexity index is 1520. The standard InChI is InChI=1S/C33H40ClN3O4S/c1-23-13-16-30(17-14-23)42(40,41)37(31-18-15-28(34)20-25(31)3)22-32(38)36(21-27-10-8-9-24(2)19-27)26(4)33(39)35-29-11-6-5-7-12-29/h8-10,13-20,26,29H,5-7,11-12,21-22H2,1-4H3,(H,35,39)/t26-/m0/s1. The van der Waals surface area contributed by atoms with Crippen molar-refractivity contribution in [1.82, 2.24) is 10.2 Å². The summed E-state index contributed by atoms with van der Waals surface area (Å²) in [4.78, 5) is 29.2. The molecule has 3 aromatic carbocycles. The molecule has 7 nitrogen and oxygen atoms in total. The Morgan fingerprint density at radius 2 is 1.62 bits per heavy atom. The van der Waals surface area contributed by atoms with Gasteiger partial charge in [-0.3, -0.25) is 13.9 Å². The van der Waals surface area contributed by atoms with E-state index in [9.17, 15) is 18.0 Å². The first-order valence-corrected chi connectivity index (χ1v) is 16.3. The Kier molecular flexibility index (Phi) is 10.3. The van der Waals surface area contributed by atoms with Gasteiger partial charge in [-0.1, -0.05) is 78.4 Å². The number of rotatable bonds is 10. The molecule has 224 valence electrons. The number of hydrogen-bond donors (Lipinski definition) is 1. The van der Waals surface area contributed by atoms with E-state index in [-0.39, 0.29) is 23.4 Å². The Balaban J connectivity index is 1.70. The molecule has 3 aromatic rings. The van der Waals surface area contributed by atoms with Crippen LogP contribution >= 0.6 is 11.6 Å². The number of carbonyl (C=O) groups excluding carboxylic acids is 2. The van der Waals surface area contributed by atoms with Crippen molar-refractivity contribution in [2.24, 2.45) is 0 Å². The first kappa shape index (κ1) is 31.6. The second-order valence-corrected chi connectivity index (χ2v) is 13.6. The fraction of sp³-hybridized carbons (Fsp3) is 0.394. The summed E-state index contributed by atoms with van der Waals surface area (Å²) in [5, 5.41) is 3.60. The summed E-state index contributed by atoms with van der Waals surface area (Å²) in [5.41, 5.74) is 3.76. The maximum absolute atomic E-state index is 14.2. The van der Waals surface area contributed by atoms with Crippen LogP contribution in [0.4, 0.5) is 5.69 Å². The predicted octanol–water partition coefficient (Wildman–Crippen LogP) is 6.33. The molecule has 0 aromatic heterocycles. The molecule has 1 N–H and O–H groups in total. The number of sulfonamides is 1. The highest BCUT2D eigenvalue weighted by molar-refractivity contribution is 7.92. The number of nitrogens with zero attached hydrogens (tertiary/aromatic N) is 2. The van der Waals surface area contributed by atoms with Crippen LogP contribution in [-0.4, -0.2) is 43.8 Å². The topological polar surface area (TPSA) is 86.8 Å². The van der Waals surface area contributed by atoms with Crippen molar-refractivity contribution in [3.8, 4) is 0 Å². The summed E-state index contributed by atoms with van der Waals surface area (Å²) in [6.07, 6.45) is 5.13. The van der Waals surface area contributed by atoms with Crippen LogP contribution in [0.5, 0.6) is 0 Å². The van der Waals surface area contributed by atoms with E-state index in [4.69, 9.17) is 11.6 Å². The molecule has 1 fully saturated rings. The normalized spacial score (nSPS) is 14.7. The van der Waals surface area contributed by atoms with E-state index in [0.29, 0.717) is 16.3 Å². The van der Waals surface area contributed by atoms with Gasteiger partial charge in [-0.2, -0.15) is 0 Å². The Morgan fingerprint density at radius 1 is 0.929 bits per heavy atom. The summed E-state index contributed by atoms with van der Waals surface area (Å²) in [5.74, 6) is -0.716. The molecule has 0 heterocycles. The quantitative estimate of drug-likeness (QED) is 0.291. The van der Waals surface area contributed by atoms with Crippen molar-refractivity contribution in [2.75, 3.05) is 10.8 Å². The van der Waals surface area contributed by atoms with Crippen molar-refractivity contribution in [3.63, 3.8) is 0 Å². The molecule has 2 amide bonds. The minimum Gasteiger partial charge on any atom is -0.352 e. The fourth-order valence-corrected chi connectivity index (χ4v) is 7.11. The van der Waals surface area contributed by atoms with Gasteiger partial charge in [-0.25, -0.2) is 8.42 Å². The van der Waals surface area contributed by atoms with Crippen LogP contribution in [0.15, 0.2) is 71.6 Å². The molecule has 0 unspecified atom stereocenters. The molecule has 1 atom stereocenters. The zero-order valence-corrected chi connectivity index (χ0v) is 26.3. The minimum atomic E-state index is -4.14. The van der Waals surface area contributed by atoms with Crippen molar-refractivity contribution in [3.05, 3.63) is 94.0 Å². The van der Waals surface area contributed by atoms with Gasteiger partial charge >= 0.3 is 0 Å². The molecule has 9 heteroatoms. The van der Waals surface area contributed by atoms with E-state index in [2.05, 4.69) is 5.32 Å². The minimum absolute atomic E-state index is 0.0728. The van der Waals surface area contributed by atoms with Gasteiger partial charge in [0, 0.05) is 17.6 Å². The van der Waals surface area contributed by atoms with Gasteiger partial charge in [0.05, 0.1) is 10.6 Å². The molecule has 0 spiro atoms. The van der Waals surface area contributed by atoms with E-state index >= 15 is 0 Å². The molecule has 1 saturated carbocycles. The largest absolute Gasteiger partial charge is 0.352 e. The van der Waals surface area contributed by atoms with Gasteiger partial charge in [0.25, 0.3) is 10.0 Å². The number of benzene rings is 3. The lowest BCUT2D eigenvalue weighted by atomic mass is 9.95. The molecular formula is C33H40ClN3O4S. The average molecular weight is 610 g/mol. The molecule has 0 radical (unpaired) electrons. The Labute approximate surface area is 254 Å². The van der Waals surface area contributed by atoms with Crippen LogP contribution in [0.25, 0.3) is 0 Å². The molecule has 1 aliphatic carbocycles. The van der Waals surface area contributed by atoms with E-state index in [1.165, 1.54) is 17.0 Å². The molecule has 1 aliphatic rings. The smallest absolute Gasteiger partial charge is 0.264 e. The van der Waals surface area contributed by atoms with Crippen LogP contribution in [0.2, 0.25) is 5.02 Å². The van der Waals surface area contributed by atoms with Gasteiger partial charge in [0.1, 0.15) is 12.6 Å². The fourth-order valence-electron chi connectivity index (χ4n) is 5.41. The van der Waals surface area contributed by atoms with Gasteiger partial charge in [0.15, 0.2) is 0 Å². The number of aryl methyl sites for hydroxylation is 3. The van der Waals surface area contributed by atoms with Crippen LogP contribution in [0.1, 0.15) is 61.3 Å². The van der Waals surface area contributed by atoms with Crippen LogP contribution in [0.3, 0.4) is 0 Å². The maximum Gasteiger partial charge on any atom is 0.264 e. The number of carbonyl (C=O) groups is 2. The summed E-state index contributed by atoms with van der Waals surface area (Å²) < 4.78 is 29.2. The lowest BCUT2D eigenvalue weighted by Gasteiger charge is -2.33. The third-order valence-electron chi connectivity index (χ3n) is 7.87. The monoisotopic (exact) mass is 609 g/mol. The summed E-state index contributed by atoms with van der Waals surface area (Å²) in [7, 11) is -4.14. The predicted molar refractivity (Wildman–Crippen MR) is 168 cm³/mol. The summed E-state index contributed by atoms with van der Waals surface area (Å²) >= 11 is 6.20. The number of amides is 2. The Morgan fingerprint density at radius 3 is 2.26 bits per heavy atom. The molecule has 4 rings (SSSR count). The molecule has 0 bridgehead atoms. The third-order valence-corrected chi connectivity index (χ3v) is 9.88. The van der Waals surface area contributed by atoms with Gasteiger partial charge < -0.3 is 10.2 Å². The molecule has 0 aliphatic heterocycles. The third kappa shape index (κ3) is 7.72. The lowest BCUT2D eigenvalue weighted by molar-refractivity contribution is -0.139. The van der Waals surface area contributed by atoms with Gasteiger partial charge in [-0.15, -0.1) is 0 Å². The van der Waals surface area contributed by atoms with E-state index in [1.807, 2.05) is 38.1 Å². The number of halogens is 1. The van der Waals surface area contributed by atoms with Gasteiger partial charge in [-0.05, 0) is 82.0 Å². The Hall–Kier alpha value is -3.36. The van der Waals surface area contributed by atoms with Crippen LogP contribution in [0, 0.1) is 20.8 Å². The molecule has 0 saturated heterocycles. The van der Waals surface area contributed by atoms with Gasteiger partial charge in [0.2, 0.25) is 11.8 Å². The number of anilines is 1. The second-order valence-electron chi connectivity index (χ2n) is 11.3. The van der Waals surface area contributed by atoms with Crippen LogP contribution in [-0.2, 0) is 26.2 Å². The van der Waals surface area contributed by atoms with Crippen molar-refractivity contribution in [2.45, 2.75) is 83.3 Å². The number of hydrogen-bond acceptors (Lipinski definition) is 4.